The van der Waals surface area contributed by atoms with Crippen LogP contribution in [-0.4, -0.2) is 17.4 Å². The molecule has 0 bridgehead atoms. The number of hydrogen-bond acceptors (Lipinski definition) is 3. The van der Waals surface area contributed by atoms with Gasteiger partial charge in [0.15, 0.2) is 0 Å². The van der Waals surface area contributed by atoms with Crippen molar-refractivity contribution in [2.45, 2.75) is 40.3 Å². The van der Waals surface area contributed by atoms with Crippen LogP contribution in [-0.2, 0) is 13.1 Å². The minimum absolute atomic E-state index is 0.195. The van der Waals surface area contributed by atoms with E-state index >= 15 is 0 Å². The molecule has 1 N–H and O–H groups in total. The summed E-state index contributed by atoms with van der Waals surface area (Å²) < 4.78 is 13.0. The summed E-state index contributed by atoms with van der Waals surface area (Å²) in [6.07, 6.45) is 1.16. The third-order valence-corrected chi connectivity index (χ3v) is 5.91. The molecule has 3 aromatic rings. The molecule has 2 aromatic carbocycles. The van der Waals surface area contributed by atoms with Crippen LogP contribution in [0.3, 0.4) is 0 Å². The van der Waals surface area contributed by atoms with Gasteiger partial charge in [0, 0.05) is 34.1 Å². The summed E-state index contributed by atoms with van der Waals surface area (Å²) in [6.45, 7) is 9.48. The lowest BCUT2D eigenvalue weighted by atomic mass is 10.1. The number of nitrogens with zero attached hydrogens (tertiary/aromatic N) is 1. The third-order valence-electron chi connectivity index (χ3n) is 4.92. The summed E-state index contributed by atoms with van der Waals surface area (Å²) in [4.78, 5) is 17.6. The summed E-state index contributed by atoms with van der Waals surface area (Å²) >= 11 is 1.85. The van der Waals surface area contributed by atoms with Crippen LogP contribution < -0.4 is 5.32 Å². The molecule has 1 heterocycles. The molecule has 0 aliphatic carbocycles. The van der Waals surface area contributed by atoms with Crippen molar-refractivity contribution in [2.24, 2.45) is 5.92 Å². The first kappa shape index (κ1) is 22.2. The van der Waals surface area contributed by atoms with Gasteiger partial charge in [0.1, 0.15) is 5.82 Å². The number of aryl methyl sites for hydroxylation is 1. The fourth-order valence-corrected chi connectivity index (χ4v) is 4.13. The average molecular weight is 425 g/mol. The highest BCUT2D eigenvalue weighted by Gasteiger charge is 2.11. The summed E-state index contributed by atoms with van der Waals surface area (Å²) in [5.74, 6) is 0.145. The van der Waals surface area contributed by atoms with Crippen molar-refractivity contribution >= 4 is 22.9 Å². The molecular formula is C25H29FN2OS. The predicted octanol–water partition coefficient (Wildman–Crippen LogP) is 6.50. The van der Waals surface area contributed by atoms with Crippen LogP contribution in [0.2, 0.25) is 0 Å². The van der Waals surface area contributed by atoms with Gasteiger partial charge in [-0.15, -0.1) is 11.3 Å². The quantitative estimate of drug-likeness (QED) is 0.425. The molecule has 0 aliphatic rings. The number of benzene rings is 2. The van der Waals surface area contributed by atoms with E-state index in [0.717, 1.165) is 26.1 Å². The van der Waals surface area contributed by atoms with E-state index in [-0.39, 0.29) is 11.7 Å². The molecular weight excluding hydrogens is 395 g/mol. The zero-order chi connectivity index (χ0) is 21.5. The van der Waals surface area contributed by atoms with Crippen molar-refractivity contribution < 1.29 is 9.18 Å². The minimum Gasteiger partial charge on any atom is -0.322 e. The molecule has 3 rings (SSSR count). The normalized spacial score (nSPS) is 11.3. The first-order valence-corrected chi connectivity index (χ1v) is 11.1. The maximum Gasteiger partial charge on any atom is 0.255 e. The van der Waals surface area contributed by atoms with Crippen molar-refractivity contribution in [3.05, 3.63) is 87.4 Å². The predicted molar refractivity (Wildman–Crippen MR) is 123 cm³/mol. The first-order chi connectivity index (χ1) is 14.4. The third kappa shape index (κ3) is 6.78. The van der Waals surface area contributed by atoms with E-state index in [0.29, 0.717) is 17.2 Å². The van der Waals surface area contributed by atoms with Crippen LogP contribution in [0.15, 0.2) is 60.7 Å². The standard InChI is InChI=1S/C25H29FN2OS/c1-18(2)14-15-28(17-24-13-4-19(3)30-24)16-20-5-7-21(8-6-20)25(29)27-23-11-9-22(26)10-12-23/h4-13,18H,14-17H2,1-3H3,(H,27,29). The molecule has 0 saturated heterocycles. The Morgan fingerprint density at radius 3 is 2.30 bits per heavy atom. The van der Waals surface area contributed by atoms with Crippen LogP contribution in [0, 0.1) is 18.7 Å². The second kappa shape index (κ2) is 10.5. The van der Waals surface area contributed by atoms with Crippen molar-refractivity contribution in [2.75, 3.05) is 11.9 Å². The van der Waals surface area contributed by atoms with Gasteiger partial charge in [-0.25, -0.2) is 4.39 Å². The number of rotatable bonds is 9. The fraction of sp³-hybridized carbons (Fsp3) is 0.320. The van der Waals surface area contributed by atoms with Gasteiger partial charge < -0.3 is 5.32 Å². The molecule has 30 heavy (non-hydrogen) atoms. The lowest BCUT2D eigenvalue weighted by molar-refractivity contribution is 0.102. The minimum atomic E-state index is -0.322. The highest BCUT2D eigenvalue weighted by atomic mass is 32.1. The molecule has 1 aromatic heterocycles. The second-order valence-corrected chi connectivity index (χ2v) is 9.44. The summed E-state index contributed by atoms with van der Waals surface area (Å²) in [7, 11) is 0. The number of thiophene rings is 1. The number of amides is 1. The number of anilines is 1. The molecule has 1 amide bonds. The van der Waals surface area contributed by atoms with Crippen molar-refractivity contribution in [3.8, 4) is 0 Å². The Hall–Kier alpha value is -2.50. The number of hydrogen-bond donors (Lipinski definition) is 1. The van der Waals surface area contributed by atoms with Gasteiger partial charge in [-0.05, 0) is 79.9 Å². The molecule has 0 spiro atoms. The van der Waals surface area contributed by atoms with Crippen LogP contribution in [0.1, 0.15) is 45.9 Å². The van der Waals surface area contributed by atoms with E-state index in [1.807, 2.05) is 35.6 Å². The highest BCUT2D eigenvalue weighted by molar-refractivity contribution is 7.11. The largest absolute Gasteiger partial charge is 0.322 e. The van der Waals surface area contributed by atoms with E-state index < -0.39 is 0 Å². The zero-order valence-electron chi connectivity index (χ0n) is 17.8. The fourth-order valence-electron chi connectivity index (χ4n) is 3.20. The van der Waals surface area contributed by atoms with Gasteiger partial charge >= 0.3 is 0 Å². The molecule has 0 aliphatic heterocycles. The van der Waals surface area contributed by atoms with Crippen LogP contribution in [0.4, 0.5) is 10.1 Å². The average Bonchev–Trinajstić information content (AvgIpc) is 3.13. The molecule has 5 heteroatoms. The summed E-state index contributed by atoms with van der Waals surface area (Å²) in [5.41, 5.74) is 2.35. The molecule has 0 unspecified atom stereocenters. The monoisotopic (exact) mass is 424 g/mol. The van der Waals surface area contributed by atoms with Crippen molar-refractivity contribution in [1.82, 2.24) is 4.90 Å². The van der Waals surface area contributed by atoms with E-state index in [2.05, 4.69) is 43.1 Å². The lowest BCUT2D eigenvalue weighted by Gasteiger charge is -2.23. The molecule has 0 atom stereocenters. The van der Waals surface area contributed by atoms with Crippen molar-refractivity contribution in [3.63, 3.8) is 0 Å². The van der Waals surface area contributed by atoms with Gasteiger partial charge in [-0.2, -0.15) is 0 Å². The Bertz CT molecular complexity index is 948. The topological polar surface area (TPSA) is 32.3 Å². The van der Waals surface area contributed by atoms with Gasteiger partial charge in [-0.1, -0.05) is 26.0 Å². The van der Waals surface area contributed by atoms with Crippen molar-refractivity contribution in [1.29, 1.82) is 0 Å². The van der Waals surface area contributed by atoms with Crippen LogP contribution in [0.5, 0.6) is 0 Å². The maximum absolute atomic E-state index is 13.0. The Labute approximate surface area is 182 Å². The molecule has 0 saturated carbocycles. The van der Waals surface area contributed by atoms with E-state index in [1.54, 1.807) is 12.1 Å². The second-order valence-electron chi connectivity index (χ2n) is 8.06. The molecule has 0 fully saturated rings. The highest BCUT2D eigenvalue weighted by Crippen LogP contribution is 2.20. The Kier molecular flexibility index (Phi) is 7.77. The number of carbonyl (C=O) groups excluding carboxylic acids is 1. The lowest BCUT2D eigenvalue weighted by Crippen LogP contribution is -2.24. The van der Waals surface area contributed by atoms with Gasteiger partial charge in [0.2, 0.25) is 0 Å². The van der Waals surface area contributed by atoms with Gasteiger partial charge in [0.25, 0.3) is 5.91 Å². The summed E-state index contributed by atoms with van der Waals surface area (Å²) in [5, 5.41) is 2.80. The Balaban J connectivity index is 1.63. The van der Waals surface area contributed by atoms with Crippen LogP contribution in [0.25, 0.3) is 0 Å². The van der Waals surface area contributed by atoms with E-state index in [9.17, 15) is 9.18 Å². The summed E-state index contributed by atoms with van der Waals surface area (Å²) in [6, 6.07) is 17.9. The number of nitrogens with one attached hydrogen (secondary N) is 1. The van der Waals surface area contributed by atoms with E-state index in [4.69, 9.17) is 0 Å². The smallest absolute Gasteiger partial charge is 0.255 e. The van der Waals surface area contributed by atoms with Gasteiger partial charge in [0.05, 0.1) is 0 Å². The molecule has 158 valence electrons. The zero-order valence-corrected chi connectivity index (χ0v) is 18.6. The number of carbonyl (C=O) groups is 1. The first-order valence-electron chi connectivity index (χ1n) is 10.3. The molecule has 0 radical (unpaired) electrons. The van der Waals surface area contributed by atoms with Gasteiger partial charge in [-0.3, -0.25) is 9.69 Å². The Morgan fingerprint density at radius 2 is 1.70 bits per heavy atom. The SMILES string of the molecule is Cc1ccc(CN(CCC(C)C)Cc2ccc(C(=O)Nc3ccc(F)cc3)cc2)s1. The van der Waals surface area contributed by atoms with E-state index in [1.165, 1.54) is 27.5 Å². The van der Waals surface area contributed by atoms with Crippen LogP contribution >= 0.6 is 11.3 Å². The molecule has 3 nitrogen and oxygen atoms in total. The Morgan fingerprint density at radius 1 is 1.00 bits per heavy atom. The number of halogens is 1. The maximum atomic E-state index is 13.0.